The fourth-order valence-corrected chi connectivity index (χ4v) is 2.33. The first-order chi connectivity index (χ1) is 8.28. The first-order valence-electron chi connectivity index (χ1n) is 6.95. The second kappa shape index (κ2) is 6.53. The molecule has 1 aliphatic rings. The molecule has 0 aromatic rings. The average Bonchev–Trinajstić information content (AvgIpc) is 2.25. The Morgan fingerprint density at radius 1 is 1.28 bits per heavy atom. The molecule has 0 aromatic carbocycles. The summed E-state index contributed by atoms with van der Waals surface area (Å²) < 4.78 is 0. The molecule has 0 spiro atoms. The Balaban J connectivity index is 2.27. The van der Waals surface area contributed by atoms with Crippen molar-refractivity contribution >= 4 is 5.91 Å². The van der Waals surface area contributed by atoms with E-state index in [4.69, 9.17) is 0 Å². The van der Waals surface area contributed by atoms with Crippen molar-refractivity contribution in [3.63, 3.8) is 0 Å². The lowest BCUT2D eigenvalue weighted by Crippen LogP contribution is -2.47. The van der Waals surface area contributed by atoms with Crippen molar-refractivity contribution in [3.8, 4) is 0 Å². The summed E-state index contributed by atoms with van der Waals surface area (Å²) >= 11 is 0. The van der Waals surface area contributed by atoms with Gasteiger partial charge in [0.05, 0.1) is 6.54 Å². The molecule has 0 bridgehead atoms. The van der Waals surface area contributed by atoms with Gasteiger partial charge in [-0.25, -0.2) is 0 Å². The van der Waals surface area contributed by atoms with E-state index in [1.807, 2.05) is 4.90 Å². The van der Waals surface area contributed by atoms with Crippen molar-refractivity contribution in [1.82, 2.24) is 15.1 Å². The van der Waals surface area contributed by atoms with E-state index in [9.17, 15) is 4.79 Å². The zero-order valence-electron chi connectivity index (χ0n) is 12.6. The number of carbonyl (C=O) groups is 1. The molecule has 0 atom stereocenters. The topological polar surface area (TPSA) is 35.6 Å². The van der Waals surface area contributed by atoms with Gasteiger partial charge in [0.2, 0.25) is 5.91 Å². The third-order valence-corrected chi connectivity index (χ3v) is 3.36. The summed E-state index contributed by atoms with van der Waals surface area (Å²) in [7, 11) is 4.23. The predicted molar refractivity (Wildman–Crippen MR) is 75.6 cm³/mol. The molecule has 106 valence electrons. The highest BCUT2D eigenvalue weighted by Crippen LogP contribution is 2.17. The summed E-state index contributed by atoms with van der Waals surface area (Å²) in [5.74, 6) is 0.993. The zero-order chi connectivity index (χ0) is 13.8. The number of hydrogen-bond donors (Lipinski definition) is 1. The van der Waals surface area contributed by atoms with E-state index in [0.717, 1.165) is 38.4 Å². The number of likely N-dealkylation sites (tertiary alicyclic amines) is 1. The van der Waals surface area contributed by atoms with E-state index < -0.39 is 0 Å². The first-order valence-corrected chi connectivity index (χ1v) is 6.95. The molecular weight excluding hydrogens is 226 g/mol. The molecule has 4 heteroatoms. The van der Waals surface area contributed by atoms with Crippen LogP contribution < -0.4 is 5.32 Å². The van der Waals surface area contributed by atoms with Crippen LogP contribution in [0, 0.1) is 5.92 Å². The summed E-state index contributed by atoms with van der Waals surface area (Å²) in [4.78, 5) is 16.3. The molecule has 0 saturated carbocycles. The van der Waals surface area contributed by atoms with Crippen LogP contribution in [0.2, 0.25) is 0 Å². The van der Waals surface area contributed by atoms with Gasteiger partial charge in [-0.2, -0.15) is 0 Å². The number of amides is 1. The molecule has 4 nitrogen and oxygen atoms in total. The number of carbonyl (C=O) groups excluding carboxylic acids is 1. The molecule has 1 rings (SSSR count). The molecule has 0 radical (unpaired) electrons. The molecule has 0 aromatic heterocycles. The smallest absolute Gasteiger partial charge is 0.236 e. The average molecular weight is 255 g/mol. The number of hydrogen-bond acceptors (Lipinski definition) is 3. The molecule has 1 amide bonds. The molecule has 1 saturated heterocycles. The largest absolute Gasteiger partial charge is 0.342 e. The van der Waals surface area contributed by atoms with Crippen molar-refractivity contribution in [2.75, 3.05) is 40.3 Å². The minimum Gasteiger partial charge on any atom is -0.342 e. The van der Waals surface area contributed by atoms with Crippen LogP contribution >= 0.6 is 0 Å². The number of piperidine rings is 1. The van der Waals surface area contributed by atoms with Gasteiger partial charge in [0.15, 0.2) is 0 Å². The zero-order valence-corrected chi connectivity index (χ0v) is 12.6. The van der Waals surface area contributed by atoms with Crippen molar-refractivity contribution in [3.05, 3.63) is 0 Å². The standard InChI is InChI=1S/C14H29N3O/c1-14(2,3)15-10-13(18)17-8-6-12(7-9-17)11-16(4)5/h12,15H,6-11H2,1-5H3. The van der Waals surface area contributed by atoms with E-state index in [1.165, 1.54) is 0 Å². The minimum atomic E-state index is 0.0128. The second-order valence-corrected chi connectivity index (χ2v) is 6.69. The van der Waals surface area contributed by atoms with Crippen LogP contribution in [-0.2, 0) is 4.79 Å². The first kappa shape index (κ1) is 15.4. The quantitative estimate of drug-likeness (QED) is 0.819. The molecule has 1 heterocycles. The summed E-state index contributed by atoms with van der Waals surface area (Å²) in [5.41, 5.74) is 0.0128. The Morgan fingerprint density at radius 3 is 2.28 bits per heavy atom. The third-order valence-electron chi connectivity index (χ3n) is 3.36. The number of rotatable bonds is 4. The predicted octanol–water partition coefficient (Wildman–Crippen LogP) is 1.17. The lowest BCUT2D eigenvalue weighted by atomic mass is 9.96. The Morgan fingerprint density at radius 2 is 1.83 bits per heavy atom. The normalized spacial score (nSPS) is 18.4. The van der Waals surface area contributed by atoms with Crippen LogP contribution in [0.25, 0.3) is 0 Å². The van der Waals surface area contributed by atoms with Gasteiger partial charge in [0.25, 0.3) is 0 Å². The van der Waals surface area contributed by atoms with Gasteiger partial charge in [-0.3, -0.25) is 4.79 Å². The van der Waals surface area contributed by atoms with Crippen molar-refractivity contribution in [2.45, 2.75) is 39.2 Å². The van der Waals surface area contributed by atoms with Gasteiger partial charge >= 0.3 is 0 Å². The van der Waals surface area contributed by atoms with Crippen LogP contribution in [-0.4, -0.2) is 61.5 Å². The lowest BCUT2D eigenvalue weighted by molar-refractivity contribution is -0.132. The van der Waals surface area contributed by atoms with Gasteiger partial charge in [-0.15, -0.1) is 0 Å². The number of nitrogens with one attached hydrogen (secondary N) is 1. The van der Waals surface area contributed by atoms with Crippen molar-refractivity contribution in [2.24, 2.45) is 5.92 Å². The van der Waals surface area contributed by atoms with Crippen molar-refractivity contribution < 1.29 is 4.79 Å². The van der Waals surface area contributed by atoms with E-state index in [0.29, 0.717) is 6.54 Å². The molecule has 1 fully saturated rings. The van der Waals surface area contributed by atoms with Gasteiger partial charge in [0, 0.05) is 25.2 Å². The van der Waals surface area contributed by atoms with Crippen LogP contribution in [0.15, 0.2) is 0 Å². The maximum Gasteiger partial charge on any atom is 0.236 e. The summed E-state index contributed by atoms with van der Waals surface area (Å²) in [6, 6.07) is 0. The van der Waals surface area contributed by atoms with Gasteiger partial charge in [-0.05, 0) is 53.6 Å². The van der Waals surface area contributed by atoms with Crippen LogP contribution in [0.1, 0.15) is 33.6 Å². The molecule has 18 heavy (non-hydrogen) atoms. The fourth-order valence-electron chi connectivity index (χ4n) is 2.33. The van der Waals surface area contributed by atoms with Gasteiger partial charge in [0.1, 0.15) is 0 Å². The maximum atomic E-state index is 12.0. The number of nitrogens with zero attached hydrogens (tertiary/aromatic N) is 2. The third kappa shape index (κ3) is 5.83. The van der Waals surface area contributed by atoms with E-state index in [-0.39, 0.29) is 11.4 Å². The highest BCUT2D eigenvalue weighted by atomic mass is 16.2. The minimum absolute atomic E-state index is 0.0128. The summed E-state index contributed by atoms with van der Waals surface area (Å²) in [6.45, 7) is 9.70. The highest BCUT2D eigenvalue weighted by molar-refractivity contribution is 5.78. The molecule has 0 unspecified atom stereocenters. The van der Waals surface area contributed by atoms with Gasteiger partial charge in [-0.1, -0.05) is 0 Å². The Bertz CT molecular complexity index is 263. The summed E-state index contributed by atoms with van der Waals surface area (Å²) in [6.07, 6.45) is 2.28. The van der Waals surface area contributed by atoms with E-state index in [2.05, 4.69) is 45.1 Å². The van der Waals surface area contributed by atoms with E-state index >= 15 is 0 Å². The molecule has 1 N–H and O–H groups in total. The van der Waals surface area contributed by atoms with Crippen LogP contribution in [0.4, 0.5) is 0 Å². The van der Waals surface area contributed by atoms with Crippen molar-refractivity contribution in [1.29, 1.82) is 0 Å². The monoisotopic (exact) mass is 255 g/mol. The Kier molecular flexibility index (Phi) is 5.60. The van der Waals surface area contributed by atoms with Gasteiger partial charge < -0.3 is 15.1 Å². The molecule has 0 aliphatic carbocycles. The molecular formula is C14H29N3O. The van der Waals surface area contributed by atoms with Crippen LogP contribution in [0.3, 0.4) is 0 Å². The summed E-state index contributed by atoms with van der Waals surface area (Å²) in [5, 5.41) is 3.26. The van der Waals surface area contributed by atoms with E-state index in [1.54, 1.807) is 0 Å². The Hall–Kier alpha value is -0.610. The maximum absolute atomic E-state index is 12.0. The van der Waals surface area contributed by atoms with Crippen LogP contribution in [0.5, 0.6) is 0 Å². The second-order valence-electron chi connectivity index (χ2n) is 6.69. The SMILES string of the molecule is CN(C)CC1CCN(C(=O)CNC(C)(C)C)CC1. The molecule has 1 aliphatic heterocycles. The fraction of sp³-hybridized carbons (Fsp3) is 0.929. The Labute approximate surface area is 112 Å². The lowest BCUT2D eigenvalue weighted by Gasteiger charge is -2.34. The highest BCUT2D eigenvalue weighted by Gasteiger charge is 2.23.